The third-order valence-electron chi connectivity index (χ3n) is 2.90. The van der Waals surface area contributed by atoms with Gasteiger partial charge in [-0.2, -0.15) is 0 Å². The Morgan fingerprint density at radius 1 is 1.09 bits per heavy atom. The van der Waals surface area contributed by atoms with Crippen LogP contribution >= 0.6 is 11.6 Å². The van der Waals surface area contributed by atoms with Gasteiger partial charge >= 0.3 is 5.97 Å². The number of benzene rings is 2. The van der Waals surface area contributed by atoms with Crippen molar-refractivity contribution >= 4 is 23.5 Å². The van der Waals surface area contributed by atoms with Gasteiger partial charge in [0.15, 0.2) is 18.2 Å². The first-order valence-electron chi connectivity index (χ1n) is 6.59. The number of carbonyl (C=O) groups excluding carboxylic acids is 2. The molecule has 2 aromatic rings. The standard InChI is InChI=1S/C16H12ClF2NO3/c17-12-7-14(19)13(18)6-11(12)16(22)23-9-15(21)20-8-10-4-2-1-3-5-10/h1-7H,8-9H2,(H,20,21). The van der Waals surface area contributed by atoms with Crippen molar-refractivity contribution in [1.82, 2.24) is 5.32 Å². The maximum atomic E-state index is 13.1. The molecule has 1 amide bonds. The minimum absolute atomic E-state index is 0.281. The lowest BCUT2D eigenvalue weighted by Gasteiger charge is -2.08. The van der Waals surface area contributed by atoms with E-state index in [-0.39, 0.29) is 17.1 Å². The first kappa shape index (κ1) is 16.9. The van der Waals surface area contributed by atoms with Crippen LogP contribution < -0.4 is 5.32 Å². The third-order valence-corrected chi connectivity index (χ3v) is 3.21. The van der Waals surface area contributed by atoms with Gasteiger partial charge in [0.25, 0.3) is 5.91 Å². The third kappa shape index (κ3) is 4.75. The first-order chi connectivity index (χ1) is 11.0. The fourth-order valence-electron chi connectivity index (χ4n) is 1.74. The Morgan fingerprint density at radius 2 is 1.74 bits per heavy atom. The quantitative estimate of drug-likeness (QED) is 0.672. The van der Waals surface area contributed by atoms with Gasteiger partial charge in [-0.15, -0.1) is 0 Å². The molecule has 0 aliphatic heterocycles. The van der Waals surface area contributed by atoms with Crippen LogP contribution in [0.1, 0.15) is 15.9 Å². The molecule has 23 heavy (non-hydrogen) atoms. The van der Waals surface area contributed by atoms with Crippen molar-refractivity contribution in [3.05, 3.63) is 70.2 Å². The normalized spacial score (nSPS) is 10.2. The summed E-state index contributed by atoms with van der Waals surface area (Å²) in [6.07, 6.45) is 0. The zero-order chi connectivity index (χ0) is 16.8. The van der Waals surface area contributed by atoms with Crippen molar-refractivity contribution in [3.8, 4) is 0 Å². The molecule has 0 saturated heterocycles. The van der Waals surface area contributed by atoms with Crippen molar-refractivity contribution in [2.45, 2.75) is 6.54 Å². The molecule has 0 aliphatic carbocycles. The van der Waals surface area contributed by atoms with Gasteiger partial charge in [0, 0.05) is 6.54 Å². The fraction of sp³-hybridized carbons (Fsp3) is 0.125. The summed E-state index contributed by atoms with van der Waals surface area (Å²) in [6, 6.07) is 10.4. The number of hydrogen-bond acceptors (Lipinski definition) is 3. The molecule has 2 aromatic carbocycles. The van der Waals surface area contributed by atoms with E-state index in [1.807, 2.05) is 30.3 Å². The van der Waals surface area contributed by atoms with E-state index in [0.717, 1.165) is 5.56 Å². The Kier molecular flexibility index (Phi) is 5.65. The second kappa shape index (κ2) is 7.69. The highest BCUT2D eigenvalue weighted by Gasteiger charge is 2.17. The van der Waals surface area contributed by atoms with Crippen LogP contribution in [-0.4, -0.2) is 18.5 Å². The van der Waals surface area contributed by atoms with Crippen LogP contribution in [-0.2, 0) is 16.1 Å². The van der Waals surface area contributed by atoms with Crippen LogP contribution in [0, 0.1) is 11.6 Å². The van der Waals surface area contributed by atoms with Gasteiger partial charge in [0.2, 0.25) is 0 Å². The predicted molar refractivity (Wildman–Crippen MR) is 79.9 cm³/mol. The van der Waals surface area contributed by atoms with E-state index in [0.29, 0.717) is 12.1 Å². The highest BCUT2D eigenvalue weighted by Crippen LogP contribution is 2.20. The lowest BCUT2D eigenvalue weighted by Crippen LogP contribution is -2.28. The number of halogens is 3. The van der Waals surface area contributed by atoms with Crippen molar-refractivity contribution in [1.29, 1.82) is 0 Å². The van der Waals surface area contributed by atoms with Crippen LogP contribution in [0.4, 0.5) is 8.78 Å². The number of amides is 1. The largest absolute Gasteiger partial charge is 0.452 e. The van der Waals surface area contributed by atoms with Crippen molar-refractivity contribution in [3.63, 3.8) is 0 Å². The molecule has 0 aromatic heterocycles. The molecule has 0 aliphatic rings. The van der Waals surface area contributed by atoms with Crippen LogP contribution in [0.3, 0.4) is 0 Å². The maximum absolute atomic E-state index is 13.1. The Bertz CT molecular complexity index is 723. The second-order valence-electron chi connectivity index (χ2n) is 4.58. The number of hydrogen-bond donors (Lipinski definition) is 1. The lowest BCUT2D eigenvalue weighted by atomic mass is 10.2. The Morgan fingerprint density at radius 3 is 2.43 bits per heavy atom. The predicted octanol–water partition coefficient (Wildman–Crippen LogP) is 3.09. The molecule has 0 bridgehead atoms. The van der Waals surface area contributed by atoms with Crippen molar-refractivity contribution in [2.24, 2.45) is 0 Å². The molecule has 0 fully saturated rings. The molecule has 2 rings (SSSR count). The van der Waals surface area contributed by atoms with E-state index in [4.69, 9.17) is 16.3 Å². The van der Waals surface area contributed by atoms with Gasteiger partial charge in [0.05, 0.1) is 10.6 Å². The molecule has 7 heteroatoms. The molecule has 0 unspecified atom stereocenters. The molecule has 120 valence electrons. The van der Waals surface area contributed by atoms with Gasteiger partial charge < -0.3 is 10.1 Å². The van der Waals surface area contributed by atoms with Crippen LogP contribution in [0.25, 0.3) is 0 Å². The Hall–Kier alpha value is -2.47. The average molecular weight is 340 g/mol. The average Bonchev–Trinajstić information content (AvgIpc) is 2.55. The summed E-state index contributed by atoms with van der Waals surface area (Å²) in [7, 11) is 0. The summed E-state index contributed by atoms with van der Waals surface area (Å²) in [6.45, 7) is -0.274. The summed E-state index contributed by atoms with van der Waals surface area (Å²) >= 11 is 5.64. The van der Waals surface area contributed by atoms with E-state index in [2.05, 4.69) is 5.32 Å². The van der Waals surface area contributed by atoms with Gasteiger partial charge in [0.1, 0.15) is 0 Å². The van der Waals surface area contributed by atoms with Gasteiger partial charge in [-0.25, -0.2) is 13.6 Å². The number of nitrogens with one attached hydrogen (secondary N) is 1. The molecule has 0 heterocycles. The van der Waals surface area contributed by atoms with Crippen LogP contribution in [0.15, 0.2) is 42.5 Å². The summed E-state index contributed by atoms with van der Waals surface area (Å²) in [4.78, 5) is 23.3. The molecule has 1 N–H and O–H groups in total. The summed E-state index contributed by atoms with van der Waals surface area (Å²) < 4.78 is 30.8. The molecular weight excluding hydrogens is 328 g/mol. The molecule has 0 atom stereocenters. The molecular formula is C16H12ClF2NO3. The minimum Gasteiger partial charge on any atom is -0.452 e. The monoisotopic (exact) mass is 339 g/mol. The summed E-state index contributed by atoms with van der Waals surface area (Å²) in [5, 5.41) is 2.26. The molecule has 4 nitrogen and oxygen atoms in total. The SMILES string of the molecule is O=C(COC(=O)c1cc(F)c(F)cc1Cl)NCc1ccccc1. The van der Waals surface area contributed by atoms with E-state index >= 15 is 0 Å². The zero-order valence-electron chi connectivity index (χ0n) is 11.8. The van der Waals surface area contributed by atoms with Crippen LogP contribution in [0.5, 0.6) is 0 Å². The fourth-order valence-corrected chi connectivity index (χ4v) is 1.96. The molecule has 0 spiro atoms. The topological polar surface area (TPSA) is 55.4 Å². The van der Waals surface area contributed by atoms with Gasteiger partial charge in [-0.3, -0.25) is 4.79 Å². The first-order valence-corrected chi connectivity index (χ1v) is 6.97. The highest BCUT2D eigenvalue weighted by molar-refractivity contribution is 6.33. The second-order valence-corrected chi connectivity index (χ2v) is 4.99. The van der Waals surface area contributed by atoms with Crippen molar-refractivity contribution < 1.29 is 23.1 Å². The zero-order valence-corrected chi connectivity index (χ0v) is 12.6. The van der Waals surface area contributed by atoms with Gasteiger partial charge in [-0.05, 0) is 17.7 Å². The molecule has 0 saturated carbocycles. The number of carbonyl (C=O) groups is 2. The van der Waals surface area contributed by atoms with E-state index in [1.54, 1.807) is 0 Å². The highest BCUT2D eigenvalue weighted by atomic mass is 35.5. The minimum atomic E-state index is -1.23. The maximum Gasteiger partial charge on any atom is 0.340 e. The van der Waals surface area contributed by atoms with Gasteiger partial charge in [-0.1, -0.05) is 41.9 Å². The van der Waals surface area contributed by atoms with E-state index in [9.17, 15) is 18.4 Å². The lowest BCUT2D eigenvalue weighted by molar-refractivity contribution is -0.124. The van der Waals surface area contributed by atoms with Crippen molar-refractivity contribution in [2.75, 3.05) is 6.61 Å². The number of ether oxygens (including phenoxy) is 1. The van der Waals surface area contributed by atoms with E-state index < -0.39 is 30.1 Å². The smallest absolute Gasteiger partial charge is 0.340 e. The number of rotatable bonds is 5. The summed E-state index contributed by atoms with van der Waals surface area (Å²) in [5.41, 5.74) is 0.539. The molecule has 0 radical (unpaired) electrons. The Balaban J connectivity index is 1.87. The number of esters is 1. The Labute approximate surface area is 136 Å². The summed E-state index contributed by atoms with van der Waals surface area (Å²) in [5.74, 6) is -3.94. The van der Waals surface area contributed by atoms with E-state index in [1.165, 1.54) is 0 Å². The van der Waals surface area contributed by atoms with Crippen LogP contribution in [0.2, 0.25) is 5.02 Å².